The third kappa shape index (κ3) is 4.74. The van der Waals surface area contributed by atoms with Crippen molar-refractivity contribution in [3.63, 3.8) is 0 Å². The van der Waals surface area contributed by atoms with Crippen LogP contribution in [0.25, 0.3) is 11.1 Å². The van der Waals surface area contributed by atoms with Crippen LogP contribution in [0.15, 0.2) is 73.1 Å². The Bertz CT molecular complexity index is 1070. The zero-order valence-corrected chi connectivity index (χ0v) is 17.5. The van der Waals surface area contributed by atoms with E-state index in [9.17, 15) is 9.59 Å². The van der Waals surface area contributed by atoms with Gasteiger partial charge < -0.3 is 15.0 Å². The van der Waals surface area contributed by atoms with Gasteiger partial charge in [0.2, 0.25) is 5.91 Å². The van der Waals surface area contributed by atoms with E-state index < -0.39 is 0 Å². The van der Waals surface area contributed by atoms with Gasteiger partial charge in [0, 0.05) is 37.6 Å². The highest BCUT2D eigenvalue weighted by atomic mass is 16.5. The maximum absolute atomic E-state index is 13.1. The molecule has 2 heterocycles. The zero-order chi connectivity index (χ0) is 21.6. The van der Waals surface area contributed by atoms with E-state index in [2.05, 4.69) is 16.4 Å². The molecule has 0 radical (unpaired) electrons. The van der Waals surface area contributed by atoms with Gasteiger partial charge in [-0.05, 0) is 53.4 Å². The highest BCUT2D eigenvalue weighted by Crippen LogP contribution is 2.26. The van der Waals surface area contributed by atoms with Crippen LogP contribution in [0, 0.1) is 5.92 Å². The summed E-state index contributed by atoms with van der Waals surface area (Å²) in [6, 6.07) is 19.1. The number of ether oxygens (including phenoxy) is 1. The van der Waals surface area contributed by atoms with Crippen molar-refractivity contribution >= 4 is 11.8 Å². The molecule has 0 aliphatic carbocycles. The normalized spacial score (nSPS) is 16.4. The maximum atomic E-state index is 13.1. The molecule has 0 bridgehead atoms. The summed E-state index contributed by atoms with van der Waals surface area (Å²) in [5.41, 5.74) is 3.77. The molecule has 1 aliphatic rings. The van der Waals surface area contributed by atoms with Crippen molar-refractivity contribution in [2.24, 2.45) is 5.92 Å². The molecule has 4 rings (SSSR count). The molecule has 31 heavy (non-hydrogen) atoms. The molecule has 0 unspecified atom stereocenters. The fourth-order valence-corrected chi connectivity index (χ4v) is 3.96. The van der Waals surface area contributed by atoms with Crippen LogP contribution in [0.2, 0.25) is 0 Å². The van der Waals surface area contributed by atoms with E-state index >= 15 is 0 Å². The average molecular weight is 415 g/mol. The molecule has 158 valence electrons. The van der Waals surface area contributed by atoms with Gasteiger partial charge in [-0.1, -0.05) is 30.3 Å². The molecular weight excluding hydrogens is 390 g/mol. The average Bonchev–Trinajstić information content (AvgIpc) is 3.01. The minimum Gasteiger partial charge on any atom is -0.497 e. The van der Waals surface area contributed by atoms with Gasteiger partial charge in [0.05, 0.1) is 13.0 Å². The lowest BCUT2D eigenvalue weighted by Gasteiger charge is -2.24. The number of pyridine rings is 1. The molecular formula is C25H25N3O3. The van der Waals surface area contributed by atoms with Crippen LogP contribution in [0.3, 0.4) is 0 Å². The lowest BCUT2D eigenvalue weighted by molar-refractivity contribution is -0.124. The third-order valence-corrected chi connectivity index (χ3v) is 5.57. The van der Waals surface area contributed by atoms with Crippen molar-refractivity contribution in [2.45, 2.75) is 6.42 Å². The SMILES string of the molecule is COc1cccc(C(=O)N2CCNC(=O)[C@H](Cc3ccccc3-c3ccncc3)C2)c1. The van der Waals surface area contributed by atoms with E-state index in [4.69, 9.17) is 4.74 Å². The minimum atomic E-state index is -0.333. The first-order chi connectivity index (χ1) is 15.2. The number of rotatable bonds is 5. The highest BCUT2D eigenvalue weighted by molar-refractivity contribution is 5.95. The fraction of sp³-hybridized carbons (Fsp3) is 0.240. The van der Waals surface area contributed by atoms with Crippen LogP contribution in [-0.2, 0) is 11.2 Å². The molecule has 1 N–H and O–H groups in total. The summed E-state index contributed by atoms with van der Waals surface area (Å²) in [5.74, 6) is 0.186. The van der Waals surface area contributed by atoms with Gasteiger partial charge >= 0.3 is 0 Å². The molecule has 0 saturated carbocycles. The Morgan fingerprint density at radius 2 is 1.94 bits per heavy atom. The number of hydrogen-bond donors (Lipinski definition) is 1. The van der Waals surface area contributed by atoms with Crippen LogP contribution >= 0.6 is 0 Å². The molecule has 3 aromatic rings. The number of nitrogens with zero attached hydrogens (tertiary/aromatic N) is 2. The van der Waals surface area contributed by atoms with Gasteiger partial charge in [0.15, 0.2) is 0 Å². The number of benzene rings is 2. The summed E-state index contributed by atoms with van der Waals surface area (Å²) in [7, 11) is 1.58. The van der Waals surface area contributed by atoms with Gasteiger partial charge in [0.25, 0.3) is 5.91 Å². The smallest absolute Gasteiger partial charge is 0.254 e. The van der Waals surface area contributed by atoms with Gasteiger partial charge in [-0.25, -0.2) is 0 Å². The summed E-state index contributed by atoms with van der Waals surface area (Å²) in [6.07, 6.45) is 4.07. The molecule has 6 heteroatoms. The van der Waals surface area contributed by atoms with Crippen molar-refractivity contribution in [2.75, 3.05) is 26.7 Å². The lowest BCUT2D eigenvalue weighted by Crippen LogP contribution is -2.37. The van der Waals surface area contributed by atoms with E-state index in [1.165, 1.54) is 0 Å². The number of carbonyl (C=O) groups is 2. The van der Waals surface area contributed by atoms with E-state index in [0.717, 1.165) is 16.7 Å². The second-order valence-corrected chi connectivity index (χ2v) is 7.57. The van der Waals surface area contributed by atoms with Gasteiger partial charge in [0.1, 0.15) is 5.75 Å². The predicted molar refractivity (Wildman–Crippen MR) is 119 cm³/mol. The van der Waals surface area contributed by atoms with Crippen molar-refractivity contribution in [3.05, 3.63) is 84.2 Å². The van der Waals surface area contributed by atoms with E-state index in [0.29, 0.717) is 37.4 Å². The summed E-state index contributed by atoms with van der Waals surface area (Å²) in [5, 5.41) is 2.97. The first kappa shape index (κ1) is 20.6. The van der Waals surface area contributed by atoms with Crippen LogP contribution in [0.1, 0.15) is 15.9 Å². The fourth-order valence-electron chi connectivity index (χ4n) is 3.96. The number of amides is 2. The second-order valence-electron chi connectivity index (χ2n) is 7.57. The van der Waals surface area contributed by atoms with E-state index in [-0.39, 0.29) is 17.7 Å². The molecule has 2 amide bonds. The molecule has 0 spiro atoms. The van der Waals surface area contributed by atoms with Crippen LogP contribution in [0.5, 0.6) is 5.75 Å². The van der Waals surface area contributed by atoms with Crippen LogP contribution in [-0.4, -0.2) is 48.4 Å². The molecule has 1 saturated heterocycles. The van der Waals surface area contributed by atoms with E-state index in [1.54, 1.807) is 42.6 Å². The predicted octanol–water partition coefficient (Wildman–Crippen LogP) is 3.19. The number of nitrogens with one attached hydrogen (secondary N) is 1. The summed E-state index contributed by atoms with van der Waals surface area (Å²) in [6.45, 7) is 1.29. The maximum Gasteiger partial charge on any atom is 0.254 e. The molecule has 2 aromatic carbocycles. The van der Waals surface area contributed by atoms with Crippen LogP contribution in [0.4, 0.5) is 0 Å². The summed E-state index contributed by atoms with van der Waals surface area (Å²) < 4.78 is 5.25. The molecule has 1 atom stereocenters. The van der Waals surface area contributed by atoms with Gasteiger partial charge in [-0.15, -0.1) is 0 Å². The standard InChI is InChI=1S/C25H25N3O3/c1-31-22-7-4-6-20(16-22)25(30)28-14-13-27-24(29)21(17-28)15-19-5-2-3-8-23(19)18-9-11-26-12-10-18/h2-12,16,21H,13-15,17H2,1H3,(H,27,29)/t21-/m1/s1. The van der Waals surface area contributed by atoms with Crippen molar-refractivity contribution in [3.8, 4) is 16.9 Å². The number of aromatic nitrogens is 1. The lowest BCUT2D eigenvalue weighted by atomic mass is 9.91. The number of carbonyl (C=O) groups excluding carboxylic acids is 2. The summed E-state index contributed by atoms with van der Waals surface area (Å²) in [4.78, 5) is 31.8. The Morgan fingerprint density at radius 3 is 2.74 bits per heavy atom. The van der Waals surface area contributed by atoms with Crippen LogP contribution < -0.4 is 10.1 Å². The monoisotopic (exact) mass is 415 g/mol. The first-order valence-corrected chi connectivity index (χ1v) is 10.3. The quantitative estimate of drug-likeness (QED) is 0.695. The van der Waals surface area contributed by atoms with Gasteiger partial charge in [-0.2, -0.15) is 0 Å². The first-order valence-electron chi connectivity index (χ1n) is 10.3. The van der Waals surface area contributed by atoms with Crippen molar-refractivity contribution < 1.29 is 14.3 Å². The van der Waals surface area contributed by atoms with Crippen molar-refractivity contribution in [1.82, 2.24) is 15.2 Å². The van der Waals surface area contributed by atoms with E-state index in [1.807, 2.05) is 36.4 Å². The Labute approximate surface area is 181 Å². The highest BCUT2D eigenvalue weighted by Gasteiger charge is 2.29. The molecule has 6 nitrogen and oxygen atoms in total. The minimum absolute atomic E-state index is 0.0227. The third-order valence-electron chi connectivity index (χ3n) is 5.57. The Morgan fingerprint density at radius 1 is 1.13 bits per heavy atom. The van der Waals surface area contributed by atoms with Gasteiger partial charge in [-0.3, -0.25) is 14.6 Å². The van der Waals surface area contributed by atoms with Crippen molar-refractivity contribution in [1.29, 1.82) is 0 Å². The second kappa shape index (κ2) is 9.43. The largest absolute Gasteiger partial charge is 0.497 e. The Kier molecular flexibility index (Phi) is 6.26. The Balaban J connectivity index is 1.57. The Hall–Kier alpha value is -3.67. The number of hydrogen-bond acceptors (Lipinski definition) is 4. The molecule has 1 aromatic heterocycles. The summed E-state index contributed by atoms with van der Waals surface area (Å²) >= 11 is 0. The molecule has 1 aliphatic heterocycles. The number of methoxy groups -OCH3 is 1. The topological polar surface area (TPSA) is 71.5 Å². The molecule has 1 fully saturated rings. The zero-order valence-electron chi connectivity index (χ0n) is 17.5.